The SMILES string of the molecule is CN(CCCc1ccc(F)cc1)[C@H]1C[C@@H](C(=O)O)[N+](C(=O)C(c2ccccc2)c2ccccc2)(S(=O)(=O)N(C)C)C1. The molecule has 8 nitrogen and oxygen atoms in total. The van der Waals surface area contributed by atoms with Gasteiger partial charge in [0.1, 0.15) is 18.3 Å². The lowest BCUT2D eigenvalue weighted by molar-refractivity contribution is -0.736. The Morgan fingerprint density at radius 1 is 0.927 bits per heavy atom. The second-order valence-corrected chi connectivity index (χ2v) is 13.1. The number of aryl methyl sites for hydroxylation is 1. The third-order valence-electron chi connectivity index (χ3n) is 8.04. The van der Waals surface area contributed by atoms with Gasteiger partial charge in [-0.1, -0.05) is 72.8 Å². The lowest BCUT2D eigenvalue weighted by atomic mass is 9.89. The van der Waals surface area contributed by atoms with E-state index in [1.807, 2.05) is 24.1 Å². The Bertz CT molecular complexity index is 1410. The van der Waals surface area contributed by atoms with Crippen LogP contribution in [0.5, 0.6) is 0 Å². The van der Waals surface area contributed by atoms with Crippen molar-refractivity contribution >= 4 is 22.1 Å². The van der Waals surface area contributed by atoms with Gasteiger partial charge in [-0.25, -0.2) is 14.0 Å². The largest absolute Gasteiger partial charge is 0.477 e. The molecule has 10 heteroatoms. The molecule has 41 heavy (non-hydrogen) atoms. The normalized spacial score (nSPS) is 21.0. The van der Waals surface area contributed by atoms with Gasteiger partial charge in [0, 0.05) is 20.5 Å². The van der Waals surface area contributed by atoms with Gasteiger partial charge in [0.25, 0.3) is 0 Å². The van der Waals surface area contributed by atoms with Crippen molar-refractivity contribution in [2.24, 2.45) is 0 Å². The van der Waals surface area contributed by atoms with E-state index in [0.29, 0.717) is 30.5 Å². The summed E-state index contributed by atoms with van der Waals surface area (Å²) in [5.41, 5.74) is 2.16. The molecule has 1 aliphatic rings. The first kappa shape index (κ1) is 30.5. The monoisotopic (exact) mass is 582 g/mol. The summed E-state index contributed by atoms with van der Waals surface area (Å²) in [5, 5.41) is 10.4. The number of benzene rings is 3. The first-order valence-corrected chi connectivity index (χ1v) is 15.0. The van der Waals surface area contributed by atoms with Crippen LogP contribution < -0.4 is 0 Å². The summed E-state index contributed by atoms with van der Waals surface area (Å²) in [6.07, 6.45) is 1.37. The van der Waals surface area contributed by atoms with E-state index >= 15 is 0 Å². The maximum Gasteiger partial charge on any atom is 0.379 e. The summed E-state index contributed by atoms with van der Waals surface area (Å²) < 4.78 is 41.3. The van der Waals surface area contributed by atoms with Gasteiger partial charge in [0.15, 0.2) is 0 Å². The molecule has 1 saturated heterocycles. The number of hydrogen-bond donors (Lipinski definition) is 1. The molecule has 1 heterocycles. The number of quaternary nitrogens is 1. The van der Waals surface area contributed by atoms with Gasteiger partial charge < -0.3 is 5.11 Å². The number of carboxylic acids is 1. The predicted octanol–water partition coefficient (Wildman–Crippen LogP) is 3.90. The van der Waals surface area contributed by atoms with E-state index in [2.05, 4.69) is 0 Å². The number of carboxylic acid groups (broad SMARTS) is 1. The molecule has 0 radical (unpaired) electrons. The van der Waals surface area contributed by atoms with E-state index in [-0.39, 0.29) is 18.8 Å². The number of nitrogens with zero attached hydrogens (tertiary/aromatic N) is 3. The highest BCUT2D eigenvalue weighted by Crippen LogP contribution is 2.41. The van der Waals surface area contributed by atoms with Crippen molar-refractivity contribution in [1.29, 1.82) is 0 Å². The fraction of sp³-hybridized carbons (Fsp3) is 0.355. The summed E-state index contributed by atoms with van der Waals surface area (Å²) >= 11 is 0. The first-order valence-electron chi connectivity index (χ1n) is 13.6. The van der Waals surface area contributed by atoms with Crippen LogP contribution in [0.2, 0.25) is 0 Å². The van der Waals surface area contributed by atoms with E-state index in [1.54, 1.807) is 60.7 Å². The Morgan fingerprint density at radius 3 is 1.95 bits per heavy atom. The van der Waals surface area contributed by atoms with Crippen LogP contribution in [0.1, 0.15) is 35.4 Å². The Balaban J connectivity index is 1.73. The van der Waals surface area contributed by atoms with Gasteiger partial charge in [-0.2, -0.15) is 12.7 Å². The molecule has 1 N–H and O–H groups in total. The highest BCUT2D eigenvalue weighted by Gasteiger charge is 2.66. The number of rotatable bonds is 11. The average molecular weight is 583 g/mol. The van der Waals surface area contributed by atoms with Crippen LogP contribution in [0.3, 0.4) is 0 Å². The molecule has 3 atom stereocenters. The lowest BCUT2D eigenvalue weighted by Gasteiger charge is -2.38. The minimum Gasteiger partial charge on any atom is -0.477 e. The number of likely N-dealkylation sites (tertiary alicyclic amines) is 1. The Hall–Kier alpha value is -3.44. The Kier molecular flexibility index (Phi) is 9.38. The quantitative estimate of drug-likeness (QED) is 0.345. The highest BCUT2D eigenvalue weighted by atomic mass is 32.2. The molecule has 1 unspecified atom stereocenters. The third kappa shape index (κ3) is 6.11. The fourth-order valence-corrected chi connectivity index (χ4v) is 7.57. The van der Waals surface area contributed by atoms with Gasteiger partial charge in [-0.05, 0) is 55.3 Å². The van der Waals surface area contributed by atoms with Crippen LogP contribution >= 0.6 is 0 Å². The summed E-state index contributed by atoms with van der Waals surface area (Å²) in [6.45, 7) is 0.352. The Labute approximate surface area is 241 Å². The second kappa shape index (κ2) is 12.6. The molecular formula is C31H37FN3O5S+. The molecule has 4 rings (SSSR count). The minimum absolute atomic E-state index is 0.00249. The van der Waals surface area contributed by atoms with E-state index in [0.717, 1.165) is 9.87 Å². The zero-order valence-electron chi connectivity index (χ0n) is 23.6. The van der Waals surface area contributed by atoms with Gasteiger partial charge in [0.2, 0.25) is 6.04 Å². The van der Waals surface area contributed by atoms with Gasteiger partial charge in [-0.3, -0.25) is 4.90 Å². The van der Waals surface area contributed by atoms with Crippen molar-refractivity contribution in [2.75, 3.05) is 34.2 Å². The molecule has 0 aromatic heterocycles. The third-order valence-corrected chi connectivity index (χ3v) is 10.4. The van der Waals surface area contributed by atoms with E-state index < -0.39 is 44.0 Å². The van der Waals surface area contributed by atoms with E-state index in [4.69, 9.17) is 0 Å². The minimum atomic E-state index is -4.45. The number of likely N-dealkylation sites (N-methyl/N-ethyl adjacent to an activating group) is 1. The summed E-state index contributed by atoms with van der Waals surface area (Å²) in [4.78, 5) is 29.5. The summed E-state index contributed by atoms with van der Waals surface area (Å²) in [5.74, 6) is -3.31. The van der Waals surface area contributed by atoms with Crippen LogP contribution in [0.4, 0.5) is 4.39 Å². The van der Waals surface area contributed by atoms with Crippen molar-refractivity contribution < 1.29 is 31.4 Å². The zero-order chi connectivity index (χ0) is 29.8. The maximum atomic E-state index is 14.8. The number of carbonyl (C=O) groups excluding carboxylic acids is 1. The number of aliphatic carboxylic acids is 1. The smallest absolute Gasteiger partial charge is 0.379 e. The van der Waals surface area contributed by atoms with Crippen LogP contribution in [0.15, 0.2) is 84.9 Å². The van der Waals surface area contributed by atoms with E-state index in [1.165, 1.54) is 26.2 Å². The topological polar surface area (TPSA) is 95.0 Å². The van der Waals surface area contributed by atoms with Crippen LogP contribution in [-0.2, 0) is 26.2 Å². The summed E-state index contributed by atoms with van der Waals surface area (Å²) in [7, 11) is 0.0471. The number of carbonyl (C=O) groups is 2. The lowest BCUT2D eigenvalue weighted by Crippen LogP contribution is -2.66. The second-order valence-electron chi connectivity index (χ2n) is 10.8. The summed E-state index contributed by atoms with van der Waals surface area (Å²) in [6, 6.07) is 22.1. The van der Waals surface area contributed by atoms with Crippen molar-refractivity contribution in [3.05, 3.63) is 107 Å². The number of halogens is 1. The molecule has 1 amide bonds. The van der Waals surface area contributed by atoms with Crippen LogP contribution in [0.25, 0.3) is 0 Å². The van der Waals surface area contributed by atoms with Gasteiger partial charge >= 0.3 is 22.1 Å². The first-order chi connectivity index (χ1) is 19.5. The average Bonchev–Trinajstić information content (AvgIpc) is 3.39. The van der Waals surface area contributed by atoms with Crippen LogP contribution in [0, 0.1) is 5.82 Å². The molecular weight excluding hydrogens is 545 g/mol. The standard InChI is InChI=1S/C31H36FN3O5S/c1-33(2)41(39,40)35(30(36)29(24-12-6-4-7-13-24)25-14-8-5-9-15-25)22-27(21-28(35)31(37)38)34(3)20-10-11-23-16-18-26(32)19-17-23/h4-9,12-19,27-29H,10-11,20-22H2,1-3H3/p+1/t27-,28-,35?/m0/s1. The predicted molar refractivity (Wildman–Crippen MR) is 155 cm³/mol. The van der Waals surface area contributed by atoms with Crippen molar-refractivity contribution in [3.63, 3.8) is 0 Å². The molecule has 0 bridgehead atoms. The Morgan fingerprint density at radius 2 is 1.46 bits per heavy atom. The van der Waals surface area contributed by atoms with Gasteiger partial charge in [-0.15, -0.1) is 3.89 Å². The number of amides is 1. The molecule has 1 aliphatic heterocycles. The fourth-order valence-electron chi connectivity index (χ4n) is 5.80. The molecule has 3 aromatic rings. The molecule has 0 spiro atoms. The van der Waals surface area contributed by atoms with Crippen molar-refractivity contribution in [3.8, 4) is 0 Å². The molecule has 3 aromatic carbocycles. The van der Waals surface area contributed by atoms with Crippen LogP contribution in [-0.4, -0.2) is 84.8 Å². The van der Waals surface area contributed by atoms with Crippen molar-refractivity contribution in [1.82, 2.24) is 9.21 Å². The number of hydrogen-bond acceptors (Lipinski definition) is 5. The molecule has 1 fully saturated rings. The maximum absolute atomic E-state index is 14.8. The molecule has 218 valence electrons. The molecule has 0 aliphatic carbocycles. The highest BCUT2D eigenvalue weighted by molar-refractivity contribution is 7.83. The van der Waals surface area contributed by atoms with Gasteiger partial charge in [0.05, 0.1) is 6.04 Å². The van der Waals surface area contributed by atoms with Crippen molar-refractivity contribution in [2.45, 2.75) is 37.3 Å². The van der Waals surface area contributed by atoms with E-state index in [9.17, 15) is 27.5 Å². The zero-order valence-corrected chi connectivity index (χ0v) is 24.4. The molecule has 0 saturated carbocycles.